The van der Waals surface area contributed by atoms with Crippen molar-refractivity contribution >= 4 is 5.91 Å². The fourth-order valence-electron chi connectivity index (χ4n) is 1.29. The zero-order chi connectivity index (χ0) is 13.2. The van der Waals surface area contributed by atoms with Gasteiger partial charge in [-0.1, -0.05) is 0 Å². The number of hydrogen-bond donors (Lipinski definition) is 3. The highest BCUT2D eigenvalue weighted by Crippen LogP contribution is 2.25. The van der Waals surface area contributed by atoms with Crippen molar-refractivity contribution in [2.45, 2.75) is 19.4 Å². The van der Waals surface area contributed by atoms with Crippen LogP contribution in [0.5, 0.6) is 11.5 Å². The Kier molecular flexibility index (Phi) is 3.63. The fourth-order valence-corrected chi connectivity index (χ4v) is 1.29. The van der Waals surface area contributed by atoms with Crippen LogP contribution >= 0.6 is 0 Å². The molecule has 0 aliphatic heterocycles. The summed E-state index contributed by atoms with van der Waals surface area (Å²) >= 11 is 0. The Balaban J connectivity index is 3.08. The molecule has 0 saturated carbocycles. The van der Waals surface area contributed by atoms with Gasteiger partial charge in [0.25, 0.3) is 5.91 Å². The van der Waals surface area contributed by atoms with E-state index in [1.165, 1.54) is 23.1 Å². The van der Waals surface area contributed by atoms with E-state index in [0.29, 0.717) is 6.54 Å². The fraction of sp³-hybridized carbons (Fsp3) is 0.417. The number of benzene rings is 1. The van der Waals surface area contributed by atoms with E-state index in [2.05, 4.69) is 0 Å². The highest BCUT2D eigenvalue weighted by atomic mass is 16.3. The third kappa shape index (κ3) is 2.68. The molecule has 0 saturated heterocycles. The number of carbonyl (C=O) groups excluding carboxylic acids is 1. The summed E-state index contributed by atoms with van der Waals surface area (Å²) < 4.78 is 0. The van der Waals surface area contributed by atoms with Gasteiger partial charge in [0.05, 0.1) is 5.56 Å². The highest BCUT2D eigenvalue weighted by Gasteiger charge is 2.28. The molecule has 17 heavy (non-hydrogen) atoms. The zero-order valence-corrected chi connectivity index (χ0v) is 10.3. The molecule has 0 aliphatic carbocycles. The molecule has 4 N–H and O–H groups in total. The van der Waals surface area contributed by atoms with Crippen molar-refractivity contribution in [3.8, 4) is 11.5 Å². The van der Waals surface area contributed by atoms with Gasteiger partial charge in [0.1, 0.15) is 11.5 Å². The first-order chi connectivity index (χ1) is 7.79. The van der Waals surface area contributed by atoms with Gasteiger partial charge in [-0.25, -0.2) is 0 Å². The van der Waals surface area contributed by atoms with Crippen molar-refractivity contribution in [1.29, 1.82) is 0 Å². The molecule has 1 rings (SSSR count). The van der Waals surface area contributed by atoms with Gasteiger partial charge in [-0.05, 0) is 32.0 Å². The summed E-state index contributed by atoms with van der Waals surface area (Å²) in [5.41, 5.74) is 5.13. The monoisotopic (exact) mass is 238 g/mol. The van der Waals surface area contributed by atoms with E-state index in [1.54, 1.807) is 7.05 Å². The summed E-state index contributed by atoms with van der Waals surface area (Å²) in [5.74, 6) is -0.605. The lowest BCUT2D eigenvalue weighted by Crippen LogP contribution is -2.50. The molecular weight excluding hydrogens is 220 g/mol. The van der Waals surface area contributed by atoms with E-state index in [1.807, 2.05) is 13.8 Å². The molecule has 1 aromatic carbocycles. The van der Waals surface area contributed by atoms with E-state index in [4.69, 9.17) is 5.73 Å². The average molecular weight is 238 g/mol. The second kappa shape index (κ2) is 4.63. The lowest BCUT2D eigenvalue weighted by atomic mass is 10.0. The minimum absolute atomic E-state index is 0.0639. The molecule has 1 aromatic rings. The van der Waals surface area contributed by atoms with Crippen molar-refractivity contribution in [2.75, 3.05) is 13.6 Å². The smallest absolute Gasteiger partial charge is 0.257 e. The third-order valence-electron chi connectivity index (χ3n) is 2.92. The number of phenols is 2. The van der Waals surface area contributed by atoms with Gasteiger partial charge in [-0.3, -0.25) is 4.79 Å². The Morgan fingerprint density at radius 2 is 2.00 bits per heavy atom. The minimum Gasteiger partial charge on any atom is -0.508 e. The lowest BCUT2D eigenvalue weighted by molar-refractivity contribution is 0.0636. The molecule has 0 bridgehead atoms. The van der Waals surface area contributed by atoms with Gasteiger partial charge in [0, 0.05) is 19.1 Å². The summed E-state index contributed by atoms with van der Waals surface area (Å²) in [5, 5.41) is 18.9. The van der Waals surface area contributed by atoms with Crippen LogP contribution in [0.2, 0.25) is 0 Å². The largest absolute Gasteiger partial charge is 0.508 e. The van der Waals surface area contributed by atoms with Crippen LogP contribution < -0.4 is 5.73 Å². The molecule has 0 aliphatic rings. The number of nitrogens with zero attached hydrogens (tertiary/aromatic N) is 1. The number of nitrogens with two attached hydrogens (primary N) is 1. The zero-order valence-electron chi connectivity index (χ0n) is 10.3. The van der Waals surface area contributed by atoms with Gasteiger partial charge < -0.3 is 20.8 Å². The number of carbonyl (C=O) groups is 1. The molecule has 0 atom stereocenters. The van der Waals surface area contributed by atoms with Crippen LogP contribution in [-0.2, 0) is 0 Å². The van der Waals surface area contributed by atoms with Crippen molar-refractivity contribution in [1.82, 2.24) is 4.90 Å². The SMILES string of the molecule is CN(C(=O)c1cc(O)ccc1O)C(C)(C)CN. The Hall–Kier alpha value is -1.75. The van der Waals surface area contributed by atoms with Gasteiger partial charge in [-0.2, -0.15) is 0 Å². The second-order valence-corrected chi connectivity index (χ2v) is 4.58. The van der Waals surface area contributed by atoms with Gasteiger partial charge in [0.2, 0.25) is 0 Å². The van der Waals surface area contributed by atoms with E-state index in [-0.39, 0.29) is 23.0 Å². The van der Waals surface area contributed by atoms with Crippen LogP contribution in [0.15, 0.2) is 18.2 Å². The Labute approximate surface area is 100 Å². The predicted molar refractivity (Wildman–Crippen MR) is 65.0 cm³/mol. The molecule has 5 nitrogen and oxygen atoms in total. The molecule has 0 fully saturated rings. The van der Waals surface area contributed by atoms with Crippen molar-refractivity contribution < 1.29 is 15.0 Å². The summed E-state index contributed by atoms with van der Waals surface area (Å²) in [6, 6.07) is 3.84. The third-order valence-corrected chi connectivity index (χ3v) is 2.92. The minimum atomic E-state index is -0.519. The molecule has 0 unspecified atom stereocenters. The Morgan fingerprint density at radius 1 is 1.41 bits per heavy atom. The Bertz CT molecular complexity index is 430. The number of likely N-dealkylation sites (N-methyl/N-ethyl adjacent to an activating group) is 1. The quantitative estimate of drug-likeness (QED) is 0.683. The standard InChI is InChI=1S/C12H18N2O3/c1-12(2,7-13)14(3)11(17)9-6-8(15)4-5-10(9)16/h4-6,15-16H,7,13H2,1-3H3. The summed E-state index contributed by atoms with van der Waals surface area (Å²) in [6.07, 6.45) is 0. The van der Waals surface area contributed by atoms with Crippen LogP contribution in [0.25, 0.3) is 0 Å². The number of amides is 1. The van der Waals surface area contributed by atoms with Gasteiger partial charge >= 0.3 is 0 Å². The highest BCUT2D eigenvalue weighted by molar-refractivity contribution is 5.97. The maximum absolute atomic E-state index is 12.1. The molecule has 5 heteroatoms. The maximum atomic E-state index is 12.1. The molecule has 0 heterocycles. The van der Waals surface area contributed by atoms with Crippen LogP contribution in [0.3, 0.4) is 0 Å². The lowest BCUT2D eigenvalue weighted by Gasteiger charge is -2.34. The number of aromatic hydroxyl groups is 2. The van der Waals surface area contributed by atoms with E-state index >= 15 is 0 Å². The average Bonchev–Trinajstić information content (AvgIpc) is 2.30. The number of rotatable bonds is 3. The summed E-state index contributed by atoms with van der Waals surface area (Å²) in [4.78, 5) is 13.6. The van der Waals surface area contributed by atoms with E-state index in [9.17, 15) is 15.0 Å². The van der Waals surface area contributed by atoms with E-state index < -0.39 is 5.54 Å². The summed E-state index contributed by atoms with van der Waals surface area (Å²) in [6.45, 7) is 3.95. The first kappa shape index (κ1) is 13.3. The topological polar surface area (TPSA) is 86.8 Å². The van der Waals surface area contributed by atoms with Crippen LogP contribution in [0.4, 0.5) is 0 Å². The van der Waals surface area contributed by atoms with Crippen LogP contribution in [-0.4, -0.2) is 40.2 Å². The van der Waals surface area contributed by atoms with Gasteiger partial charge in [-0.15, -0.1) is 0 Å². The molecule has 0 radical (unpaired) electrons. The second-order valence-electron chi connectivity index (χ2n) is 4.58. The van der Waals surface area contributed by atoms with Crippen LogP contribution in [0.1, 0.15) is 24.2 Å². The molecule has 0 spiro atoms. The number of phenolic OH excluding ortho intramolecular Hbond substituents is 2. The number of hydrogen-bond acceptors (Lipinski definition) is 4. The first-order valence-corrected chi connectivity index (χ1v) is 5.30. The Morgan fingerprint density at radius 3 is 2.53 bits per heavy atom. The van der Waals surface area contributed by atoms with Crippen molar-refractivity contribution in [3.63, 3.8) is 0 Å². The molecule has 94 valence electrons. The van der Waals surface area contributed by atoms with Crippen molar-refractivity contribution in [2.24, 2.45) is 5.73 Å². The first-order valence-electron chi connectivity index (χ1n) is 5.30. The molecule has 1 amide bonds. The normalized spacial score (nSPS) is 11.3. The van der Waals surface area contributed by atoms with Crippen molar-refractivity contribution in [3.05, 3.63) is 23.8 Å². The van der Waals surface area contributed by atoms with Crippen LogP contribution in [0, 0.1) is 0 Å². The van der Waals surface area contributed by atoms with E-state index in [0.717, 1.165) is 0 Å². The predicted octanol–water partition coefficient (Wildman–Crippen LogP) is 0.907. The van der Waals surface area contributed by atoms with Gasteiger partial charge in [0.15, 0.2) is 0 Å². The maximum Gasteiger partial charge on any atom is 0.257 e. The summed E-state index contributed by atoms with van der Waals surface area (Å²) in [7, 11) is 1.61. The molecule has 0 aromatic heterocycles. The molecular formula is C12H18N2O3.